The lowest BCUT2D eigenvalue weighted by Crippen LogP contribution is -2.51. The first-order valence-electron chi connectivity index (χ1n) is 7.13. The summed E-state index contributed by atoms with van der Waals surface area (Å²) in [6.07, 6.45) is 1.25. The standard InChI is InChI=1S/C16H24N2O3/c1-11(2)14(16(20)21-3)18-15(19)13(17)10-9-12-7-5-4-6-8-12/h4-8,11,13-14H,9-10,17H2,1-3H3,(H,18,19)/t13-,14+/m0/s1. The molecule has 0 aromatic heterocycles. The van der Waals surface area contributed by atoms with Crippen LogP contribution in [0.1, 0.15) is 25.8 Å². The average Bonchev–Trinajstić information content (AvgIpc) is 2.49. The first-order chi connectivity index (χ1) is 9.95. The van der Waals surface area contributed by atoms with Crippen LogP contribution in [0.5, 0.6) is 0 Å². The van der Waals surface area contributed by atoms with E-state index in [0.717, 1.165) is 12.0 Å². The fourth-order valence-corrected chi connectivity index (χ4v) is 1.98. The molecule has 0 saturated heterocycles. The van der Waals surface area contributed by atoms with E-state index in [1.54, 1.807) is 0 Å². The number of nitrogens with two attached hydrogens (primary N) is 1. The van der Waals surface area contributed by atoms with Crippen LogP contribution in [0, 0.1) is 5.92 Å². The maximum atomic E-state index is 12.1. The summed E-state index contributed by atoms with van der Waals surface area (Å²) in [5, 5.41) is 2.66. The Kier molecular flexibility index (Phi) is 6.88. The molecule has 0 spiro atoms. The van der Waals surface area contributed by atoms with Gasteiger partial charge in [-0.15, -0.1) is 0 Å². The zero-order chi connectivity index (χ0) is 15.8. The van der Waals surface area contributed by atoms with E-state index >= 15 is 0 Å². The summed E-state index contributed by atoms with van der Waals surface area (Å²) in [6.45, 7) is 3.69. The van der Waals surface area contributed by atoms with Gasteiger partial charge in [0.15, 0.2) is 0 Å². The van der Waals surface area contributed by atoms with Crippen LogP contribution >= 0.6 is 0 Å². The number of aryl methyl sites for hydroxylation is 1. The van der Waals surface area contributed by atoms with Crippen molar-refractivity contribution in [2.45, 2.75) is 38.8 Å². The Labute approximate surface area is 125 Å². The van der Waals surface area contributed by atoms with Gasteiger partial charge in [0.25, 0.3) is 0 Å². The van der Waals surface area contributed by atoms with E-state index in [-0.39, 0.29) is 11.8 Å². The van der Waals surface area contributed by atoms with Gasteiger partial charge < -0.3 is 15.8 Å². The van der Waals surface area contributed by atoms with Gasteiger partial charge in [0.05, 0.1) is 13.2 Å². The third-order valence-corrected chi connectivity index (χ3v) is 3.34. The van der Waals surface area contributed by atoms with Crippen LogP contribution < -0.4 is 11.1 Å². The maximum Gasteiger partial charge on any atom is 0.328 e. The fraction of sp³-hybridized carbons (Fsp3) is 0.500. The number of hydrogen-bond acceptors (Lipinski definition) is 4. The molecule has 116 valence electrons. The molecule has 5 heteroatoms. The summed E-state index contributed by atoms with van der Waals surface area (Å²) in [4.78, 5) is 23.7. The van der Waals surface area contributed by atoms with Gasteiger partial charge in [0.2, 0.25) is 5.91 Å². The van der Waals surface area contributed by atoms with E-state index in [9.17, 15) is 9.59 Å². The van der Waals surface area contributed by atoms with Gasteiger partial charge in [-0.2, -0.15) is 0 Å². The van der Waals surface area contributed by atoms with E-state index < -0.39 is 18.1 Å². The molecule has 0 bridgehead atoms. The number of nitrogens with one attached hydrogen (secondary N) is 1. The molecule has 0 aliphatic rings. The molecule has 1 amide bonds. The summed E-state index contributed by atoms with van der Waals surface area (Å²) in [5.74, 6) is -0.827. The summed E-state index contributed by atoms with van der Waals surface area (Å²) in [7, 11) is 1.30. The van der Waals surface area contributed by atoms with Crippen LogP contribution in [0.3, 0.4) is 0 Å². The van der Waals surface area contributed by atoms with Crippen LogP contribution in [0.2, 0.25) is 0 Å². The Morgan fingerprint density at radius 3 is 2.38 bits per heavy atom. The van der Waals surface area contributed by atoms with Crippen LogP contribution in [0.25, 0.3) is 0 Å². The number of amides is 1. The number of ether oxygens (including phenoxy) is 1. The Morgan fingerprint density at radius 1 is 1.24 bits per heavy atom. The first-order valence-corrected chi connectivity index (χ1v) is 7.13. The second-order valence-electron chi connectivity index (χ2n) is 5.38. The van der Waals surface area contributed by atoms with Gasteiger partial charge in [-0.3, -0.25) is 4.79 Å². The highest BCUT2D eigenvalue weighted by Crippen LogP contribution is 2.07. The lowest BCUT2D eigenvalue weighted by Gasteiger charge is -2.22. The Balaban J connectivity index is 2.51. The second-order valence-corrected chi connectivity index (χ2v) is 5.38. The van der Waals surface area contributed by atoms with Crippen molar-refractivity contribution in [3.63, 3.8) is 0 Å². The number of rotatable bonds is 7. The zero-order valence-corrected chi connectivity index (χ0v) is 12.8. The van der Waals surface area contributed by atoms with E-state index in [1.807, 2.05) is 44.2 Å². The highest BCUT2D eigenvalue weighted by Gasteiger charge is 2.26. The molecule has 0 heterocycles. The minimum atomic E-state index is -0.662. The number of esters is 1. The molecule has 0 radical (unpaired) electrons. The smallest absolute Gasteiger partial charge is 0.328 e. The highest BCUT2D eigenvalue weighted by molar-refractivity contribution is 5.87. The molecule has 21 heavy (non-hydrogen) atoms. The SMILES string of the molecule is COC(=O)[C@H](NC(=O)[C@@H](N)CCc1ccccc1)C(C)C. The summed E-state index contributed by atoms with van der Waals surface area (Å²) < 4.78 is 4.69. The third-order valence-electron chi connectivity index (χ3n) is 3.34. The van der Waals surface area contributed by atoms with Gasteiger partial charge in [-0.25, -0.2) is 4.79 Å². The minimum absolute atomic E-state index is 0.0530. The maximum absolute atomic E-state index is 12.1. The Morgan fingerprint density at radius 2 is 1.86 bits per heavy atom. The van der Waals surface area contributed by atoms with Gasteiger partial charge in [-0.1, -0.05) is 44.2 Å². The van der Waals surface area contributed by atoms with Gasteiger partial charge >= 0.3 is 5.97 Å². The molecule has 0 aliphatic heterocycles. The number of methoxy groups -OCH3 is 1. The van der Waals surface area contributed by atoms with E-state index in [2.05, 4.69) is 10.1 Å². The summed E-state index contributed by atoms with van der Waals surface area (Å²) in [5.41, 5.74) is 7.02. The predicted octanol–water partition coefficient (Wildman–Crippen LogP) is 1.26. The number of hydrogen-bond donors (Lipinski definition) is 2. The molecule has 5 nitrogen and oxygen atoms in total. The predicted molar refractivity (Wildman–Crippen MR) is 81.5 cm³/mol. The molecule has 1 aromatic rings. The van der Waals surface area contributed by atoms with Crippen LogP contribution in [0.4, 0.5) is 0 Å². The molecular formula is C16H24N2O3. The van der Waals surface area contributed by atoms with Crippen molar-refractivity contribution in [2.24, 2.45) is 11.7 Å². The second kappa shape index (κ2) is 8.42. The molecule has 1 rings (SSSR count). The average molecular weight is 292 g/mol. The van der Waals surface area contributed by atoms with Crippen molar-refractivity contribution < 1.29 is 14.3 Å². The molecule has 0 saturated carbocycles. The molecular weight excluding hydrogens is 268 g/mol. The van der Waals surface area contributed by atoms with Crippen LogP contribution in [-0.2, 0) is 20.7 Å². The third kappa shape index (κ3) is 5.55. The van der Waals surface area contributed by atoms with E-state index in [4.69, 9.17) is 5.73 Å². The first kappa shape index (κ1) is 17.2. The number of carbonyl (C=O) groups excluding carboxylic acids is 2. The van der Waals surface area contributed by atoms with E-state index in [1.165, 1.54) is 7.11 Å². The lowest BCUT2D eigenvalue weighted by atomic mass is 10.0. The molecule has 0 fully saturated rings. The normalized spacial score (nSPS) is 13.6. The quantitative estimate of drug-likeness (QED) is 0.741. The Bertz CT molecular complexity index is 460. The van der Waals surface area contributed by atoms with Crippen molar-refractivity contribution >= 4 is 11.9 Å². The zero-order valence-electron chi connectivity index (χ0n) is 12.8. The Hall–Kier alpha value is -1.88. The van der Waals surface area contributed by atoms with Crippen molar-refractivity contribution in [2.75, 3.05) is 7.11 Å². The number of benzene rings is 1. The molecule has 1 aromatic carbocycles. The monoisotopic (exact) mass is 292 g/mol. The summed E-state index contributed by atoms with van der Waals surface area (Å²) in [6, 6.07) is 8.53. The van der Waals surface area contributed by atoms with Crippen LogP contribution in [-0.4, -0.2) is 31.1 Å². The molecule has 2 atom stereocenters. The van der Waals surface area contributed by atoms with Crippen molar-refractivity contribution in [3.8, 4) is 0 Å². The van der Waals surface area contributed by atoms with Crippen molar-refractivity contribution in [1.29, 1.82) is 0 Å². The van der Waals surface area contributed by atoms with Crippen molar-refractivity contribution in [3.05, 3.63) is 35.9 Å². The van der Waals surface area contributed by atoms with Gasteiger partial charge in [-0.05, 0) is 24.3 Å². The van der Waals surface area contributed by atoms with Gasteiger partial charge in [0.1, 0.15) is 6.04 Å². The fourth-order valence-electron chi connectivity index (χ4n) is 1.98. The molecule has 3 N–H and O–H groups in total. The number of carbonyl (C=O) groups is 2. The van der Waals surface area contributed by atoms with Crippen LogP contribution in [0.15, 0.2) is 30.3 Å². The lowest BCUT2D eigenvalue weighted by molar-refractivity contribution is -0.146. The van der Waals surface area contributed by atoms with Crippen molar-refractivity contribution in [1.82, 2.24) is 5.32 Å². The largest absolute Gasteiger partial charge is 0.467 e. The van der Waals surface area contributed by atoms with E-state index in [0.29, 0.717) is 6.42 Å². The molecule has 0 unspecified atom stereocenters. The molecule has 0 aliphatic carbocycles. The minimum Gasteiger partial charge on any atom is -0.467 e. The summed E-state index contributed by atoms with van der Waals surface area (Å²) >= 11 is 0. The van der Waals surface area contributed by atoms with Gasteiger partial charge in [0, 0.05) is 0 Å². The highest BCUT2D eigenvalue weighted by atomic mass is 16.5. The topological polar surface area (TPSA) is 81.4 Å².